The summed E-state index contributed by atoms with van der Waals surface area (Å²) in [7, 11) is 0. The van der Waals surface area contributed by atoms with Gasteiger partial charge in [0, 0.05) is 17.2 Å². The van der Waals surface area contributed by atoms with E-state index >= 15 is 0 Å². The van der Waals surface area contributed by atoms with E-state index in [1.807, 2.05) is 54.6 Å². The smallest absolute Gasteiger partial charge is 0.248 e. The zero-order valence-electron chi connectivity index (χ0n) is 15.6. The van der Waals surface area contributed by atoms with E-state index in [1.165, 1.54) is 5.57 Å². The van der Waals surface area contributed by atoms with Crippen LogP contribution in [-0.2, 0) is 0 Å². The topological polar surface area (TPSA) is 56.0 Å². The molecule has 0 aliphatic carbocycles. The second-order valence-corrected chi connectivity index (χ2v) is 6.60. The standard InChI is InChI=1S/C24H20N2O2/c1-2-8-18(17-9-4-3-5-10-17)15-23-25-26-24(28-23)22-14-13-19(16-27)20-11-6-7-12-21(20)22/h3-7,9-16H,2,8H2,1H3. The van der Waals surface area contributed by atoms with Crippen LogP contribution >= 0.6 is 0 Å². The van der Waals surface area contributed by atoms with Crippen molar-refractivity contribution in [1.82, 2.24) is 10.2 Å². The molecule has 0 fully saturated rings. The third kappa shape index (κ3) is 3.49. The Hall–Kier alpha value is -3.53. The molecule has 0 unspecified atom stereocenters. The van der Waals surface area contributed by atoms with Crippen LogP contribution in [-0.4, -0.2) is 16.5 Å². The molecule has 0 saturated carbocycles. The molecule has 1 aromatic heterocycles. The Labute approximate surface area is 163 Å². The molecule has 0 saturated heterocycles. The van der Waals surface area contributed by atoms with Crippen molar-refractivity contribution in [3.05, 3.63) is 83.7 Å². The van der Waals surface area contributed by atoms with Crippen molar-refractivity contribution in [2.45, 2.75) is 19.8 Å². The van der Waals surface area contributed by atoms with Gasteiger partial charge in [-0.2, -0.15) is 0 Å². The van der Waals surface area contributed by atoms with E-state index in [0.717, 1.165) is 41.0 Å². The van der Waals surface area contributed by atoms with Gasteiger partial charge < -0.3 is 4.42 Å². The number of allylic oxidation sites excluding steroid dienone is 1. The number of carbonyl (C=O) groups is 1. The third-order valence-electron chi connectivity index (χ3n) is 4.72. The SMILES string of the molecule is CCCC(=Cc1nnc(-c2ccc(C=O)c3ccccc23)o1)c1ccccc1. The first-order valence-electron chi connectivity index (χ1n) is 9.37. The molecule has 0 spiro atoms. The molecule has 0 N–H and O–H groups in total. The van der Waals surface area contributed by atoms with E-state index in [9.17, 15) is 4.79 Å². The first kappa shape index (κ1) is 17.9. The molecule has 28 heavy (non-hydrogen) atoms. The number of hydrogen-bond acceptors (Lipinski definition) is 4. The fraction of sp³-hybridized carbons (Fsp3) is 0.125. The zero-order valence-corrected chi connectivity index (χ0v) is 15.6. The molecule has 4 rings (SSSR count). The fourth-order valence-corrected chi connectivity index (χ4v) is 3.38. The Bertz CT molecular complexity index is 1140. The number of aromatic nitrogens is 2. The van der Waals surface area contributed by atoms with Crippen molar-refractivity contribution in [3.63, 3.8) is 0 Å². The van der Waals surface area contributed by atoms with Gasteiger partial charge in [-0.25, -0.2) is 0 Å². The summed E-state index contributed by atoms with van der Waals surface area (Å²) in [5, 5.41) is 10.3. The number of benzene rings is 3. The van der Waals surface area contributed by atoms with Gasteiger partial charge in [-0.15, -0.1) is 10.2 Å². The summed E-state index contributed by atoms with van der Waals surface area (Å²) in [6.45, 7) is 2.15. The van der Waals surface area contributed by atoms with E-state index in [-0.39, 0.29) is 0 Å². The molecule has 0 bridgehead atoms. The quantitative estimate of drug-likeness (QED) is 0.389. The molecule has 0 radical (unpaired) electrons. The second kappa shape index (κ2) is 8.01. The number of hydrogen-bond donors (Lipinski definition) is 0. The number of nitrogens with zero attached hydrogens (tertiary/aromatic N) is 2. The van der Waals surface area contributed by atoms with E-state index < -0.39 is 0 Å². The van der Waals surface area contributed by atoms with Crippen LogP contribution in [0.3, 0.4) is 0 Å². The van der Waals surface area contributed by atoms with Gasteiger partial charge in [-0.1, -0.05) is 74.0 Å². The molecule has 0 aliphatic heterocycles. The third-order valence-corrected chi connectivity index (χ3v) is 4.72. The van der Waals surface area contributed by atoms with Crippen molar-refractivity contribution in [2.24, 2.45) is 0 Å². The first-order chi connectivity index (χ1) is 13.8. The average molecular weight is 368 g/mol. The van der Waals surface area contributed by atoms with E-state index in [4.69, 9.17) is 4.42 Å². The maximum absolute atomic E-state index is 11.3. The highest BCUT2D eigenvalue weighted by atomic mass is 16.4. The number of fused-ring (bicyclic) bond motifs is 1. The Balaban J connectivity index is 1.76. The molecule has 4 nitrogen and oxygen atoms in total. The van der Waals surface area contributed by atoms with Gasteiger partial charge in [0.05, 0.1) is 0 Å². The Morgan fingerprint density at radius 2 is 1.68 bits per heavy atom. The predicted octanol–water partition coefficient (Wildman–Crippen LogP) is 6.04. The van der Waals surface area contributed by atoms with Crippen molar-refractivity contribution in [1.29, 1.82) is 0 Å². The van der Waals surface area contributed by atoms with Crippen molar-refractivity contribution < 1.29 is 9.21 Å². The van der Waals surface area contributed by atoms with Crippen LogP contribution in [0.25, 0.3) is 33.9 Å². The molecule has 4 heteroatoms. The Kier molecular flexibility index (Phi) is 5.11. The van der Waals surface area contributed by atoms with E-state index in [1.54, 1.807) is 6.07 Å². The summed E-state index contributed by atoms with van der Waals surface area (Å²) >= 11 is 0. The minimum Gasteiger partial charge on any atom is -0.417 e. The highest BCUT2D eigenvalue weighted by Crippen LogP contribution is 2.30. The maximum atomic E-state index is 11.3. The molecule has 0 aliphatic rings. The Morgan fingerprint density at radius 3 is 2.43 bits per heavy atom. The number of rotatable bonds is 6. The van der Waals surface area contributed by atoms with Crippen LogP contribution in [0.15, 0.2) is 71.1 Å². The summed E-state index contributed by atoms with van der Waals surface area (Å²) in [4.78, 5) is 11.3. The van der Waals surface area contributed by atoms with Crippen molar-refractivity contribution in [3.8, 4) is 11.5 Å². The van der Waals surface area contributed by atoms with Gasteiger partial charge in [0.1, 0.15) is 0 Å². The molecular weight excluding hydrogens is 348 g/mol. The molecular formula is C24H20N2O2. The molecule has 138 valence electrons. The predicted molar refractivity (Wildman–Crippen MR) is 112 cm³/mol. The number of aldehydes is 1. The average Bonchev–Trinajstić information content (AvgIpc) is 3.21. The summed E-state index contributed by atoms with van der Waals surface area (Å²) in [6.07, 6.45) is 4.78. The molecule has 4 aromatic rings. The van der Waals surface area contributed by atoms with Gasteiger partial charge >= 0.3 is 0 Å². The lowest BCUT2D eigenvalue weighted by molar-refractivity contribution is 0.112. The van der Waals surface area contributed by atoms with Crippen LogP contribution in [0.4, 0.5) is 0 Å². The van der Waals surface area contributed by atoms with Crippen LogP contribution in [0, 0.1) is 0 Å². The van der Waals surface area contributed by atoms with Crippen molar-refractivity contribution >= 4 is 28.7 Å². The molecule has 0 atom stereocenters. The van der Waals surface area contributed by atoms with Crippen LogP contribution in [0.5, 0.6) is 0 Å². The van der Waals surface area contributed by atoms with Crippen LogP contribution < -0.4 is 0 Å². The summed E-state index contributed by atoms with van der Waals surface area (Å²) in [5.41, 5.74) is 3.79. The largest absolute Gasteiger partial charge is 0.417 e. The number of carbonyl (C=O) groups excluding carboxylic acids is 1. The lowest BCUT2D eigenvalue weighted by Gasteiger charge is -2.05. The summed E-state index contributed by atoms with van der Waals surface area (Å²) < 4.78 is 5.96. The second-order valence-electron chi connectivity index (χ2n) is 6.60. The lowest BCUT2D eigenvalue weighted by Crippen LogP contribution is -1.87. The Morgan fingerprint density at radius 1 is 0.929 bits per heavy atom. The van der Waals surface area contributed by atoms with E-state index in [0.29, 0.717) is 17.3 Å². The monoisotopic (exact) mass is 368 g/mol. The zero-order chi connectivity index (χ0) is 19.3. The van der Waals surface area contributed by atoms with Gasteiger partial charge in [-0.05, 0) is 34.4 Å². The first-order valence-corrected chi connectivity index (χ1v) is 9.37. The summed E-state index contributed by atoms with van der Waals surface area (Å²) in [5.74, 6) is 0.926. The normalized spacial score (nSPS) is 11.7. The van der Waals surface area contributed by atoms with Gasteiger partial charge in [0.2, 0.25) is 11.8 Å². The van der Waals surface area contributed by atoms with Gasteiger partial charge in [0.25, 0.3) is 0 Å². The minimum atomic E-state index is 0.448. The summed E-state index contributed by atoms with van der Waals surface area (Å²) in [6, 6.07) is 21.6. The van der Waals surface area contributed by atoms with Gasteiger partial charge in [0.15, 0.2) is 6.29 Å². The van der Waals surface area contributed by atoms with Crippen LogP contribution in [0.1, 0.15) is 41.6 Å². The lowest BCUT2D eigenvalue weighted by atomic mass is 10.00. The van der Waals surface area contributed by atoms with E-state index in [2.05, 4.69) is 29.3 Å². The van der Waals surface area contributed by atoms with Crippen molar-refractivity contribution in [2.75, 3.05) is 0 Å². The highest BCUT2D eigenvalue weighted by Gasteiger charge is 2.13. The molecule has 3 aromatic carbocycles. The maximum Gasteiger partial charge on any atom is 0.248 e. The molecule has 1 heterocycles. The van der Waals surface area contributed by atoms with Crippen LogP contribution in [0.2, 0.25) is 0 Å². The fourth-order valence-electron chi connectivity index (χ4n) is 3.38. The molecule has 0 amide bonds. The minimum absolute atomic E-state index is 0.448. The highest BCUT2D eigenvalue weighted by molar-refractivity contribution is 6.04. The van der Waals surface area contributed by atoms with Gasteiger partial charge in [-0.3, -0.25) is 4.79 Å².